The number of carbonyl (C=O) groups excluding carboxylic acids is 2. The number of benzene rings is 3. The van der Waals surface area contributed by atoms with E-state index in [2.05, 4.69) is 31.4 Å². The minimum Gasteiger partial charge on any atom is -0.483 e. The number of furan rings is 1. The van der Waals surface area contributed by atoms with Gasteiger partial charge in [0.05, 0.1) is 23.9 Å². The minimum absolute atomic E-state index is 0.197. The lowest BCUT2D eigenvalue weighted by Crippen LogP contribution is -2.28. The largest absolute Gasteiger partial charge is 0.483 e. The lowest BCUT2D eigenvalue weighted by Gasteiger charge is -2.13. The summed E-state index contributed by atoms with van der Waals surface area (Å²) in [5, 5.41) is 12.3. The average molecular weight is 650 g/mol. The number of hydrogen-bond acceptors (Lipinski definition) is 7. The van der Waals surface area contributed by atoms with Crippen molar-refractivity contribution in [3.63, 3.8) is 0 Å². The Morgan fingerprint density at radius 1 is 1.07 bits per heavy atom. The highest BCUT2D eigenvalue weighted by Crippen LogP contribution is 2.36. The van der Waals surface area contributed by atoms with Gasteiger partial charge in [-0.1, -0.05) is 57.9 Å². The van der Waals surface area contributed by atoms with Crippen LogP contribution in [0.15, 0.2) is 115 Å². The summed E-state index contributed by atoms with van der Waals surface area (Å²) in [5.41, 5.74) is 2.10. The van der Waals surface area contributed by atoms with Gasteiger partial charge >= 0.3 is 0 Å². The smallest absolute Gasteiger partial charge is 0.267 e. The Morgan fingerprint density at radius 3 is 2.63 bits per heavy atom. The molecule has 1 aliphatic rings. The minimum atomic E-state index is -0.338. The molecule has 1 aromatic heterocycles. The normalized spacial score (nSPS) is 15.3. The van der Waals surface area contributed by atoms with Crippen molar-refractivity contribution in [3.05, 3.63) is 122 Å². The molecule has 0 unspecified atom stereocenters. The van der Waals surface area contributed by atoms with Crippen molar-refractivity contribution < 1.29 is 18.7 Å². The van der Waals surface area contributed by atoms with E-state index < -0.39 is 0 Å². The first-order chi connectivity index (χ1) is 19.9. The first-order valence-electron chi connectivity index (χ1n) is 12.3. The second kappa shape index (κ2) is 13.5. The summed E-state index contributed by atoms with van der Waals surface area (Å²) in [6.45, 7) is -0.0321. The van der Waals surface area contributed by atoms with E-state index in [9.17, 15) is 9.59 Å². The Hall–Kier alpha value is -4.12. The second-order valence-corrected chi connectivity index (χ2v) is 11.0. The second-order valence-electron chi connectivity index (χ2n) is 8.65. The maximum Gasteiger partial charge on any atom is 0.267 e. The van der Waals surface area contributed by atoms with Gasteiger partial charge in [0.1, 0.15) is 11.5 Å². The molecule has 1 saturated heterocycles. The van der Waals surface area contributed by atoms with E-state index in [-0.39, 0.29) is 25.0 Å². The summed E-state index contributed by atoms with van der Waals surface area (Å²) < 4.78 is 12.1. The van der Waals surface area contributed by atoms with Gasteiger partial charge in [0, 0.05) is 20.7 Å². The predicted molar refractivity (Wildman–Crippen MR) is 166 cm³/mol. The molecule has 0 spiro atoms. The number of nitrogens with one attached hydrogen (secondary N) is 1. The van der Waals surface area contributed by atoms with Gasteiger partial charge in [-0.25, -0.2) is 0 Å². The van der Waals surface area contributed by atoms with E-state index >= 15 is 0 Å². The van der Waals surface area contributed by atoms with Gasteiger partial charge in [-0.2, -0.15) is 5.10 Å². The monoisotopic (exact) mass is 648 g/mol. The number of hydrogen-bond donors (Lipinski definition) is 1. The third-order valence-corrected chi connectivity index (χ3v) is 7.42. The van der Waals surface area contributed by atoms with E-state index in [4.69, 9.17) is 20.8 Å². The molecule has 206 valence electrons. The van der Waals surface area contributed by atoms with E-state index in [1.807, 2.05) is 36.4 Å². The molecule has 0 atom stereocenters. The molecule has 5 rings (SSSR count). The summed E-state index contributed by atoms with van der Waals surface area (Å²) in [6.07, 6.45) is 4.89. The van der Waals surface area contributed by atoms with Crippen LogP contribution in [0.3, 0.4) is 0 Å². The van der Waals surface area contributed by atoms with Crippen LogP contribution in [0.4, 0.5) is 5.69 Å². The molecule has 0 aliphatic carbocycles. The fraction of sp³-hybridized carbons (Fsp3) is 0.0667. The fourth-order valence-electron chi connectivity index (χ4n) is 3.74. The highest BCUT2D eigenvalue weighted by Gasteiger charge is 2.34. The molecule has 2 heterocycles. The van der Waals surface area contributed by atoms with Crippen molar-refractivity contribution in [2.75, 3.05) is 11.9 Å². The maximum atomic E-state index is 13.5. The summed E-state index contributed by atoms with van der Waals surface area (Å²) >= 11 is 10.6. The number of ether oxygens (including phenoxy) is 1. The molecule has 1 aliphatic heterocycles. The van der Waals surface area contributed by atoms with Gasteiger partial charge in [-0.3, -0.25) is 14.5 Å². The maximum absolute atomic E-state index is 13.5. The Bertz CT molecular complexity index is 1620. The van der Waals surface area contributed by atoms with E-state index in [1.54, 1.807) is 67.1 Å². The van der Waals surface area contributed by atoms with Gasteiger partial charge < -0.3 is 14.5 Å². The van der Waals surface area contributed by atoms with Crippen LogP contribution in [-0.4, -0.2) is 34.7 Å². The molecule has 8 nitrogen and oxygen atoms in total. The Kier molecular flexibility index (Phi) is 9.35. The number of nitrogens with zero attached hydrogens (tertiary/aromatic N) is 3. The number of carbonyl (C=O) groups is 2. The van der Waals surface area contributed by atoms with Crippen LogP contribution in [0.5, 0.6) is 5.75 Å². The Morgan fingerprint density at radius 2 is 1.88 bits per heavy atom. The molecule has 0 saturated carbocycles. The quantitative estimate of drug-likeness (QED) is 0.117. The summed E-state index contributed by atoms with van der Waals surface area (Å²) in [7, 11) is 0. The lowest BCUT2D eigenvalue weighted by atomic mass is 10.2. The number of amides is 2. The van der Waals surface area contributed by atoms with Gasteiger partial charge in [-0.15, -0.1) is 5.10 Å². The Labute approximate surface area is 253 Å². The molecule has 41 heavy (non-hydrogen) atoms. The zero-order valence-corrected chi connectivity index (χ0v) is 24.5. The van der Waals surface area contributed by atoms with Gasteiger partial charge in [-0.05, 0) is 78.0 Å². The molecule has 3 aromatic carbocycles. The molecule has 1 fully saturated rings. The van der Waals surface area contributed by atoms with Crippen LogP contribution in [0.25, 0.3) is 6.08 Å². The Balaban J connectivity index is 1.36. The first-order valence-corrected chi connectivity index (χ1v) is 14.3. The van der Waals surface area contributed by atoms with E-state index in [1.165, 1.54) is 16.7 Å². The van der Waals surface area contributed by atoms with E-state index in [0.717, 1.165) is 10.0 Å². The van der Waals surface area contributed by atoms with Crippen molar-refractivity contribution in [2.45, 2.75) is 6.54 Å². The first kappa shape index (κ1) is 28.4. The van der Waals surface area contributed by atoms with Crippen molar-refractivity contribution in [1.29, 1.82) is 0 Å². The van der Waals surface area contributed by atoms with Gasteiger partial charge in [0.25, 0.3) is 11.8 Å². The average Bonchev–Trinajstić information content (AvgIpc) is 3.59. The van der Waals surface area contributed by atoms with Crippen molar-refractivity contribution in [3.8, 4) is 5.75 Å². The number of thioether (sulfide) groups is 1. The molecule has 11 heteroatoms. The molecule has 2 amide bonds. The highest BCUT2D eigenvalue weighted by molar-refractivity contribution is 9.10. The topological polar surface area (TPSA) is 96.5 Å². The summed E-state index contributed by atoms with van der Waals surface area (Å²) in [5.74, 6) is 0.450. The standard InChI is InChI=1S/C30H22BrClN4O4S/c31-22-8-13-26(40-19-28(37)34-24-11-9-23(32)10-12-24)21(15-22)16-27-29(38)36(18-25-7-4-14-39-25)30(41-27)35-33-17-20-5-2-1-3-6-20/h1-17H,18-19H2,(H,34,37)/b27-16-,33-17-,35-30+. The molecule has 0 radical (unpaired) electrons. The van der Waals surface area contributed by atoms with Crippen LogP contribution in [0, 0.1) is 0 Å². The third-order valence-electron chi connectivity index (χ3n) is 5.68. The number of halogens is 2. The zero-order valence-electron chi connectivity index (χ0n) is 21.4. The van der Waals surface area contributed by atoms with Crippen LogP contribution in [-0.2, 0) is 16.1 Å². The van der Waals surface area contributed by atoms with Crippen LogP contribution < -0.4 is 10.1 Å². The molecular formula is C30H22BrClN4O4S. The van der Waals surface area contributed by atoms with E-state index in [0.29, 0.717) is 37.9 Å². The predicted octanol–water partition coefficient (Wildman–Crippen LogP) is 7.22. The van der Waals surface area contributed by atoms with Gasteiger partial charge in [0.15, 0.2) is 11.8 Å². The molecule has 0 bridgehead atoms. The molecular weight excluding hydrogens is 628 g/mol. The fourth-order valence-corrected chi connectivity index (χ4v) is 5.17. The van der Waals surface area contributed by atoms with Crippen molar-refractivity contribution >= 4 is 74.3 Å². The van der Waals surface area contributed by atoms with Crippen LogP contribution in [0.1, 0.15) is 16.9 Å². The SMILES string of the molecule is O=C(COc1ccc(Br)cc1/C=C1\S/C(=N/N=C\c2ccccc2)N(Cc2ccco2)C1=O)Nc1ccc(Cl)cc1. The summed E-state index contributed by atoms with van der Waals surface area (Å²) in [6, 6.07) is 25.2. The molecule has 1 N–H and O–H groups in total. The van der Waals surface area contributed by atoms with Crippen molar-refractivity contribution in [1.82, 2.24) is 4.90 Å². The van der Waals surface area contributed by atoms with Crippen molar-refractivity contribution in [2.24, 2.45) is 10.2 Å². The highest BCUT2D eigenvalue weighted by atomic mass is 79.9. The summed E-state index contributed by atoms with van der Waals surface area (Å²) in [4.78, 5) is 27.9. The molecule has 4 aromatic rings. The number of rotatable bonds is 9. The van der Waals surface area contributed by atoms with Crippen LogP contribution >= 0.6 is 39.3 Å². The van der Waals surface area contributed by atoms with Crippen LogP contribution in [0.2, 0.25) is 5.02 Å². The zero-order chi connectivity index (χ0) is 28.6. The number of anilines is 1. The number of amidine groups is 1. The lowest BCUT2D eigenvalue weighted by molar-refractivity contribution is -0.122. The van der Waals surface area contributed by atoms with Gasteiger partial charge in [0.2, 0.25) is 0 Å². The third kappa shape index (κ3) is 7.75.